The van der Waals surface area contributed by atoms with Crippen LogP contribution >= 0.6 is 0 Å². The summed E-state index contributed by atoms with van der Waals surface area (Å²) in [6.07, 6.45) is 0. The Morgan fingerprint density at radius 2 is 0.654 bits per heavy atom. The second kappa shape index (κ2) is 10.8. The third-order valence-electron chi connectivity index (χ3n) is 3.10. The van der Waals surface area contributed by atoms with Crippen LogP contribution in [0.1, 0.15) is 41.4 Å². The Balaban J connectivity index is 0. The van der Waals surface area contributed by atoms with Gasteiger partial charge in [0.25, 0.3) is 0 Å². The van der Waals surface area contributed by atoms with Crippen molar-refractivity contribution in [2.75, 3.05) is 0 Å². The van der Waals surface area contributed by atoms with Crippen molar-refractivity contribution in [2.24, 2.45) is 0 Å². The summed E-state index contributed by atoms with van der Waals surface area (Å²) in [5.74, 6) is -2.20. The Labute approximate surface area is 175 Å². The second-order valence-corrected chi connectivity index (χ2v) is 4.45. The van der Waals surface area contributed by atoms with Crippen LogP contribution in [0.5, 0.6) is 0 Å². The third-order valence-corrected chi connectivity index (χ3v) is 3.10. The maximum Gasteiger partial charge on any atom is 0.346 e. The van der Waals surface area contributed by atoms with E-state index < -0.39 is 23.9 Å². The molecule has 4 rings (SSSR count). The first-order valence-corrected chi connectivity index (χ1v) is 6.29. The van der Waals surface area contributed by atoms with Gasteiger partial charge in [-0.15, -0.1) is 0 Å². The summed E-state index contributed by atoms with van der Waals surface area (Å²) in [4.78, 5) is 43.3. The zero-order valence-electron chi connectivity index (χ0n) is 14.0. The standard InChI is InChI=1S/2C8H4O3.2CH3.2V/c2*9-7-5-3-1-2-4-6(5)8(10)11-7;;;;/h2*1-4H;2*1H3;;/q;;2*-1;;. The molecule has 0 fully saturated rings. The van der Waals surface area contributed by atoms with Crippen LogP contribution < -0.4 is 0 Å². The van der Waals surface area contributed by atoms with Gasteiger partial charge in [0.15, 0.2) is 0 Å². The van der Waals surface area contributed by atoms with Crippen LogP contribution in [0.25, 0.3) is 0 Å². The summed E-state index contributed by atoms with van der Waals surface area (Å²) in [5, 5.41) is 0. The molecule has 0 aliphatic carbocycles. The molecule has 2 aromatic rings. The number of carbonyl (C=O) groups excluding carboxylic acids is 4. The van der Waals surface area contributed by atoms with Gasteiger partial charge in [-0.2, -0.15) is 0 Å². The van der Waals surface area contributed by atoms with E-state index in [0.29, 0.717) is 22.3 Å². The molecule has 2 heterocycles. The summed E-state index contributed by atoms with van der Waals surface area (Å²) >= 11 is 0. The summed E-state index contributed by atoms with van der Waals surface area (Å²) in [6.45, 7) is 0. The minimum Gasteiger partial charge on any atom is -0.386 e. The molecule has 0 saturated carbocycles. The minimum atomic E-state index is -0.550. The van der Waals surface area contributed by atoms with Crippen LogP contribution in [-0.4, -0.2) is 23.9 Å². The SMILES string of the molecule is O=C1OC(=O)c2ccccc21.O=C1OC(=O)c2ccccc21.[CH3-].[CH3-].[V].[V]. The molecule has 26 heavy (non-hydrogen) atoms. The maximum atomic E-state index is 10.8. The van der Waals surface area contributed by atoms with Crippen molar-refractivity contribution in [3.05, 3.63) is 85.6 Å². The van der Waals surface area contributed by atoms with Gasteiger partial charge >= 0.3 is 23.9 Å². The van der Waals surface area contributed by atoms with Gasteiger partial charge in [-0.25, -0.2) is 19.2 Å². The molecule has 0 unspecified atom stereocenters. The van der Waals surface area contributed by atoms with E-state index in [1.807, 2.05) is 0 Å². The second-order valence-electron chi connectivity index (χ2n) is 4.45. The molecular weight excluding hydrogens is 414 g/mol. The van der Waals surface area contributed by atoms with Gasteiger partial charge < -0.3 is 24.3 Å². The molecule has 0 aromatic heterocycles. The van der Waals surface area contributed by atoms with Crippen molar-refractivity contribution in [1.82, 2.24) is 0 Å². The van der Waals surface area contributed by atoms with Crippen LogP contribution in [0, 0.1) is 14.9 Å². The number of cyclic esters (lactones) is 4. The number of ether oxygens (including phenoxy) is 2. The van der Waals surface area contributed by atoms with Crippen LogP contribution in [0.3, 0.4) is 0 Å². The van der Waals surface area contributed by atoms with Gasteiger partial charge in [0.1, 0.15) is 0 Å². The van der Waals surface area contributed by atoms with Crippen LogP contribution in [0.2, 0.25) is 0 Å². The molecule has 2 aliphatic heterocycles. The van der Waals surface area contributed by atoms with E-state index in [2.05, 4.69) is 9.47 Å². The van der Waals surface area contributed by atoms with Crippen molar-refractivity contribution in [3.63, 3.8) is 0 Å². The number of rotatable bonds is 0. The Hall–Kier alpha value is -2.11. The summed E-state index contributed by atoms with van der Waals surface area (Å²) < 4.78 is 8.71. The quantitative estimate of drug-likeness (QED) is 0.365. The van der Waals surface area contributed by atoms with Crippen molar-refractivity contribution < 1.29 is 65.8 Å². The molecule has 0 amide bonds. The van der Waals surface area contributed by atoms with Crippen molar-refractivity contribution in [2.45, 2.75) is 0 Å². The zero-order valence-corrected chi connectivity index (χ0v) is 16.8. The molecule has 134 valence electrons. The Morgan fingerprint density at radius 3 is 0.846 bits per heavy atom. The van der Waals surface area contributed by atoms with E-state index >= 15 is 0 Å². The molecule has 8 heteroatoms. The molecular formula is C18H14O6V2-2. The monoisotopic (exact) mass is 428 g/mol. The van der Waals surface area contributed by atoms with Gasteiger partial charge in [-0.05, 0) is 24.3 Å². The van der Waals surface area contributed by atoms with Gasteiger partial charge in [0, 0.05) is 37.1 Å². The van der Waals surface area contributed by atoms with Crippen molar-refractivity contribution in [3.8, 4) is 0 Å². The normalized spacial score (nSPS) is 12.3. The number of hydrogen-bond acceptors (Lipinski definition) is 6. The largest absolute Gasteiger partial charge is 0.386 e. The molecule has 2 aromatic carbocycles. The van der Waals surface area contributed by atoms with Crippen LogP contribution in [-0.2, 0) is 46.6 Å². The number of carbonyl (C=O) groups is 4. The molecule has 0 atom stereocenters. The smallest absolute Gasteiger partial charge is 0.346 e. The average molecular weight is 428 g/mol. The molecule has 0 spiro atoms. The first-order chi connectivity index (χ1) is 10.6. The topological polar surface area (TPSA) is 86.7 Å². The van der Waals surface area contributed by atoms with Crippen molar-refractivity contribution >= 4 is 23.9 Å². The summed E-state index contributed by atoms with van der Waals surface area (Å²) in [7, 11) is 0. The van der Waals surface area contributed by atoms with E-state index in [9.17, 15) is 19.2 Å². The fourth-order valence-corrected chi connectivity index (χ4v) is 2.07. The fourth-order valence-electron chi connectivity index (χ4n) is 2.07. The van der Waals surface area contributed by atoms with Crippen molar-refractivity contribution in [1.29, 1.82) is 0 Å². The van der Waals surface area contributed by atoms with E-state index in [1.54, 1.807) is 48.5 Å². The molecule has 0 bridgehead atoms. The zero-order chi connectivity index (χ0) is 15.7. The van der Waals surface area contributed by atoms with Gasteiger partial charge in [0.2, 0.25) is 0 Å². The molecule has 2 radical (unpaired) electrons. The molecule has 2 aliphatic rings. The van der Waals surface area contributed by atoms with E-state index in [4.69, 9.17) is 0 Å². The Bertz CT molecular complexity index is 696. The number of fused-ring (bicyclic) bond motifs is 2. The predicted octanol–water partition coefficient (Wildman–Crippen LogP) is 2.89. The minimum absolute atomic E-state index is 0. The maximum absolute atomic E-state index is 10.8. The van der Waals surface area contributed by atoms with Crippen LogP contribution in [0.4, 0.5) is 0 Å². The van der Waals surface area contributed by atoms with E-state index in [-0.39, 0.29) is 52.0 Å². The number of esters is 4. The Kier molecular flexibility index (Phi) is 10.8. The summed E-state index contributed by atoms with van der Waals surface area (Å²) in [6, 6.07) is 13.1. The number of benzene rings is 2. The van der Waals surface area contributed by atoms with E-state index in [1.165, 1.54) is 0 Å². The fraction of sp³-hybridized carbons (Fsp3) is 0. The molecule has 0 N–H and O–H groups in total. The molecule has 6 nitrogen and oxygen atoms in total. The first kappa shape index (κ1) is 26.1. The van der Waals surface area contributed by atoms with Crippen LogP contribution in [0.15, 0.2) is 48.5 Å². The first-order valence-electron chi connectivity index (χ1n) is 6.29. The Morgan fingerprint density at radius 1 is 0.462 bits per heavy atom. The van der Waals surface area contributed by atoms with Gasteiger partial charge in [-0.1, -0.05) is 24.3 Å². The molecule has 0 saturated heterocycles. The third kappa shape index (κ3) is 4.96. The van der Waals surface area contributed by atoms with Gasteiger partial charge in [-0.3, -0.25) is 0 Å². The predicted molar refractivity (Wildman–Crippen MR) is 85.2 cm³/mol. The average Bonchev–Trinajstić information content (AvgIpc) is 2.99. The van der Waals surface area contributed by atoms with E-state index in [0.717, 1.165) is 0 Å². The summed E-state index contributed by atoms with van der Waals surface area (Å²) in [5.41, 5.74) is 1.44. The number of hydrogen-bond donors (Lipinski definition) is 0. The van der Waals surface area contributed by atoms with Gasteiger partial charge in [0.05, 0.1) is 22.3 Å².